The first-order valence-corrected chi connectivity index (χ1v) is 6.61. The first-order valence-electron chi connectivity index (χ1n) is 6.61. The molecule has 1 aliphatic heterocycles. The van der Waals surface area contributed by atoms with E-state index in [1.165, 1.54) is 0 Å². The lowest BCUT2D eigenvalue weighted by Gasteiger charge is -2.27. The van der Waals surface area contributed by atoms with Crippen molar-refractivity contribution in [3.63, 3.8) is 0 Å². The summed E-state index contributed by atoms with van der Waals surface area (Å²) in [6.45, 7) is 1.21. The number of hydrogen-bond donors (Lipinski definition) is 1. The average molecular weight is 305 g/mol. The van der Waals surface area contributed by atoms with Gasteiger partial charge in [0.2, 0.25) is 0 Å². The van der Waals surface area contributed by atoms with Gasteiger partial charge in [-0.15, -0.1) is 0 Å². The summed E-state index contributed by atoms with van der Waals surface area (Å²) in [5, 5.41) is 8.96. The van der Waals surface area contributed by atoms with E-state index in [2.05, 4.69) is 0 Å². The number of nitrogens with zero attached hydrogens (tertiary/aromatic N) is 1. The number of benzene rings is 1. The second-order valence-electron chi connectivity index (χ2n) is 5.13. The number of halogens is 4. The Morgan fingerprint density at radius 2 is 1.86 bits per heavy atom. The number of hydrogen-bond acceptors (Lipinski definition) is 2. The van der Waals surface area contributed by atoms with E-state index < -0.39 is 29.6 Å². The Morgan fingerprint density at radius 1 is 1.24 bits per heavy atom. The molecule has 1 aromatic carbocycles. The van der Waals surface area contributed by atoms with Gasteiger partial charge in [-0.2, -0.15) is 13.2 Å². The molecule has 0 radical (unpaired) electrons. The molecule has 3 nitrogen and oxygen atoms in total. The van der Waals surface area contributed by atoms with Crippen molar-refractivity contribution in [2.45, 2.75) is 31.5 Å². The Hall–Kier alpha value is -1.63. The van der Waals surface area contributed by atoms with E-state index in [4.69, 9.17) is 5.11 Å². The Labute approximate surface area is 119 Å². The topological polar surface area (TPSA) is 40.5 Å². The van der Waals surface area contributed by atoms with Crippen molar-refractivity contribution in [1.29, 1.82) is 0 Å². The van der Waals surface area contributed by atoms with Crippen molar-refractivity contribution in [2.75, 3.05) is 13.1 Å². The Morgan fingerprint density at radius 3 is 2.38 bits per heavy atom. The summed E-state index contributed by atoms with van der Waals surface area (Å²) in [5.41, 5.74) is -1.03. The molecule has 1 aromatic rings. The van der Waals surface area contributed by atoms with Crippen molar-refractivity contribution in [3.05, 3.63) is 35.1 Å². The second-order valence-corrected chi connectivity index (χ2v) is 5.13. The van der Waals surface area contributed by atoms with Gasteiger partial charge in [-0.25, -0.2) is 4.39 Å². The normalized spacial score (nSPS) is 17.9. The summed E-state index contributed by atoms with van der Waals surface area (Å²) in [4.78, 5) is 12.8. The average Bonchev–Trinajstić information content (AvgIpc) is 2.87. The van der Waals surface area contributed by atoms with Crippen LogP contribution in [0.15, 0.2) is 18.2 Å². The van der Waals surface area contributed by atoms with Gasteiger partial charge in [-0.05, 0) is 49.7 Å². The fourth-order valence-corrected chi connectivity index (χ4v) is 2.64. The molecule has 1 N–H and O–H groups in total. The van der Waals surface area contributed by atoms with Gasteiger partial charge >= 0.3 is 12.1 Å². The largest absolute Gasteiger partial charge is 0.481 e. The van der Waals surface area contributed by atoms with Crippen molar-refractivity contribution >= 4 is 5.97 Å². The van der Waals surface area contributed by atoms with E-state index in [1.807, 2.05) is 0 Å². The molecule has 21 heavy (non-hydrogen) atoms. The van der Waals surface area contributed by atoms with E-state index in [0.29, 0.717) is 19.2 Å². The predicted molar refractivity (Wildman–Crippen MR) is 67.2 cm³/mol. The van der Waals surface area contributed by atoms with Crippen LogP contribution >= 0.6 is 0 Å². The van der Waals surface area contributed by atoms with Gasteiger partial charge in [0.1, 0.15) is 5.82 Å². The third kappa shape index (κ3) is 3.93. The van der Waals surface area contributed by atoms with Gasteiger partial charge in [0, 0.05) is 6.04 Å². The van der Waals surface area contributed by atoms with E-state index in [-0.39, 0.29) is 12.0 Å². The highest BCUT2D eigenvalue weighted by atomic mass is 19.4. The number of alkyl halides is 3. The molecule has 0 bridgehead atoms. The number of carbonyl (C=O) groups is 1. The highest BCUT2D eigenvalue weighted by Crippen LogP contribution is 2.34. The van der Waals surface area contributed by atoms with E-state index in [9.17, 15) is 22.4 Å². The van der Waals surface area contributed by atoms with Crippen LogP contribution in [-0.2, 0) is 11.0 Å². The van der Waals surface area contributed by atoms with Gasteiger partial charge in [-0.3, -0.25) is 9.69 Å². The molecule has 0 amide bonds. The first-order chi connectivity index (χ1) is 9.77. The van der Waals surface area contributed by atoms with Crippen molar-refractivity contribution in [3.8, 4) is 0 Å². The van der Waals surface area contributed by atoms with Gasteiger partial charge in [0.15, 0.2) is 0 Å². The quantitative estimate of drug-likeness (QED) is 0.866. The lowest BCUT2D eigenvalue weighted by atomic mass is 9.99. The minimum Gasteiger partial charge on any atom is -0.481 e. The Kier molecular flexibility index (Phi) is 4.51. The van der Waals surface area contributed by atoms with E-state index >= 15 is 0 Å². The third-order valence-corrected chi connectivity index (χ3v) is 3.58. The fraction of sp³-hybridized carbons (Fsp3) is 0.500. The second kappa shape index (κ2) is 6.01. The molecule has 116 valence electrons. The maximum absolute atomic E-state index is 13.5. The molecule has 1 atom stereocenters. The van der Waals surface area contributed by atoms with E-state index in [1.54, 1.807) is 4.90 Å². The van der Waals surface area contributed by atoms with Crippen molar-refractivity contribution < 1.29 is 27.5 Å². The smallest absolute Gasteiger partial charge is 0.416 e. The zero-order chi connectivity index (χ0) is 15.6. The summed E-state index contributed by atoms with van der Waals surface area (Å²) < 4.78 is 51.7. The van der Waals surface area contributed by atoms with Crippen LogP contribution in [0.3, 0.4) is 0 Å². The molecule has 1 fully saturated rings. The van der Waals surface area contributed by atoms with Crippen LogP contribution in [-0.4, -0.2) is 29.1 Å². The molecule has 2 rings (SSSR count). The summed E-state index contributed by atoms with van der Waals surface area (Å²) in [6.07, 6.45) is -3.29. The number of rotatable bonds is 4. The van der Waals surface area contributed by atoms with Crippen molar-refractivity contribution in [2.24, 2.45) is 0 Å². The monoisotopic (exact) mass is 305 g/mol. The van der Waals surface area contributed by atoms with Crippen molar-refractivity contribution in [1.82, 2.24) is 4.90 Å². The summed E-state index contributed by atoms with van der Waals surface area (Å²) in [5.74, 6) is -2.13. The molecule has 7 heteroatoms. The van der Waals surface area contributed by atoms with Crippen LogP contribution in [0.4, 0.5) is 17.6 Å². The van der Waals surface area contributed by atoms with E-state index in [0.717, 1.165) is 25.0 Å². The Balaban J connectivity index is 2.38. The summed E-state index contributed by atoms with van der Waals surface area (Å²) in [7, 11) is 0. The minimum atomic E-state index is -4.66. The van der Waals surface area contributed by atoms with Gasteiger partial charge < -0.3 is 5.11 Å². The molecule has 1 unspecified atom stereocenters. The van der Waals surface area contributed by atoms with Crippen LogP contribution in [0.1, 0.15) is 36.4 Å². The number of carboxylic acids is 1. The predicted octanol–water partition coefficient (Wildman–Crippen LogP) is 3.46. The summed E-state index contributed by atoms with van der Waals surface area (Å²) >= 11 is 0. The number of likely N-dealkylation sites (tertiary alicyclic amines) is 1. The maximum atomic E-state index is 13.5. The Bertz CT molecular complexity index is 524. The molecule has 0 saturated carbocycles. The van der Waals surface area contributed by atoms with Crippen LogP contribution in [0.25, 0.3) is 0 Å². The molecule has 1 aliphatic rings. The highest BCUT2D eigenvalue weighted by Gasteiger charge is 2.33. The molecule has 1 saturated heterocycles. The molecular weight excluding hydrogens is 290 g/mol. The first kappa shape index (κ1) is 15.8. The fourth-order valence-electron chi connectivity index (χ4n) is 2.64. The summed E-state index contributed by atoms with van der Waals surface area (Å²) in [6, 6.07) is 1.52. The lowest BCUT2D eigenvalue weighted by molar-refractivity contribution is -0.138. The SMILES string of the molecule is O=C(O)CC(c1cc(F)cc(C(F)(F)F)c1)N1CCCC1. The van der Waals surface area contributed by atoms with Crippen LogP contribution in [0, 0.1) is 5.82 Å². The standard InChI is InChI=1S/C14H15F4NO2/c15-11-6-9(5-10(7-11)14(16,17)18)12(8-13(20)21)19-3-1-2-4-19/h5-7,12H,1-4,8H2,(H,20,21). The van der Waals surface area contributed by atoms with Crippen LogP contribution in [0.2, 0.25) is 0 Å². The molecular formula is C14H15F4NO2. The highest BCUT2D eigenvalue weighted by molar-refractivity contribution is 5.68. The number of carboxylic acid groups (broad SMARTS) is 1. The zero-order valence-corrected chi connectivity index (χ0v) is 11.2. The lowest BCUT2D eigenvalue weighted by Crippen LogP contribution is -2.28. The maximum Gasteiger partial charge on any atom is 0.416 e. The zero-order valence-electron chi connectivity index (χ0n) is 11.2. The molecule has 0 aromatic heterocycles. The van der Waals surface area contributed by atoms with Gasteiger partial charge in [0.05, 0.1) is 12.0 Å². The number of aliphatic carboxylic acids is 1. The molecule has 1 heterocycles. The van der Waals surface area contributed by atoms with Gasteiger partial charge in [0.25, 0.3) is 0 Å². The molecule has 0 spiro atoms. The van der Waals surface area contributed by atoms with Crippen LogP contribution < -0.4 is 0 Å². The molecule has 0 aliphatic carbocycles. The van der Waals surface area contributed by atoms with Gasteiger partial charge in [-0.1, -0.05) is 0 Å². The van der Waals surface area contributed by atoms with Crippen LogP contribution in [0.5, 0.6) is 0 Å². The third-order valence-electron chi connectivity index (χ3n) is 3.58. The minimum absolute atomic E-state index is 0.0617.